The van der Waals surface area contributed by atoms with E-state index in [0.717, 1.165) is 24.2 Å². The summed E-state index contributed by atoms with van der Waals surface area (Å²) in [5, 5.41) is 2.92. The van der Waals surface area contributed by atoms with Crippen LogP contribution in [0.4, 0.5) is 4.39 Å². The number of rotatable bonds is 5. The first-order chi connectivity index (χ1) is 13.1. The molecule has 1 heterocycles. The van der Waals surface area contributed by atoms with E-state index < -0.39 is 5.82 Å². The van der Waals surface area contributed by atoms with Crippen LogP contribution in [-0.4, -0.2) is 36.9 Å². The fraction of sp³-hybridized carbons (Fsp3) is 0.333. The molecule has 1 saturated heterocycles. The molecule has 6 heteroatoms. The maximum absolute atomic E-state index is 13.9. The van der Waals surface area contributed by atoms with Crippen molar-refractivity contribution in [3.05, 3.63) is 65.5 Å². The number of likely N-dealkylation sites (tertiary alicyclic amines) is 1. The summed E-state index contributed by atoms with van der Waals surface area (Å²) in [6.07, 6.45) is 1.44. The fourth-order valence-electron chi connectivity index (χ4n) is 3.26. The van der Waals surface area contributed by atoms with Crippen LogP contribution in [-0.2, 0) is 11.3 Å². The first-order valence-corrected chi connectivity index (χ1v) is 9.03. The fourth-order valence-corrected chi connectivity index (χ4v) is 3.26. The average Bonchev–Trinajstić information content (AvgIpc) is 2.72. The van der Waals surface area contributed by atoms with E-state index in [1.807, 2.05) is 24.3 Å². The van der Waals surface area contributed by atoms with Crippen molar-refractivity contribution in [2.24, 2.45) is 5.92 Å². The van der Waals surface area contributed by atoms with Crippen molar-refractivity contribution in [1.82, 2.24) is 10.2 Å². The minimum Gasteiger partial charge on any atom is -0.497 e. The van der Waals surface area contributed by atoms with Gasteiger partial charge in [-0.25, -0.2) is 4.39 Å². The number of benzene rings is 2. The second kappa shape index (κ2) is 8.66. The Morgan fingerprint density at radius 1 is 1.19 bits per heavy atom. The lowest BCUT2D eigenvalue weighted by molar-refractivity contribution is -0.126. The smallest absolute Gasteiger partial charge is 0.256 e. The number of methoxy groups -OCH3 is 1. The summed E-state index contributed by atoms with van der Waals surface area (Å²) in [7, 11) is 1.61. The molecular formula is C21H23FN2O3. The summed E-state index contributed by atoms with van der Waals surface area (Å²) in [5.41, 5.74) is 1.02. The molecule has 2 aromatic rings. The van der Waals surface area contributed by atoms with Crippen LogP contribution in [0.1, 0.15) is 28.8 Å². The quantitative estimate of drug-likeness (QED) is 0.880. The summed E-state index contributed by atoms with van der Waals surface area (Å²) in [4.78, 5) is 26.7. The zero-order chi connectivity index (χ0) is 19.2. The molecule has 1 fully saturated rings. The normalized spacial score (nSPS) is 16.7. The van der Waals surface area contributed by atoms with Gasteiger partial charge >= 0.3 is 0 Å². The molecule has 0 saturated carbocycles. The van der Waals surface area contributed by atoms with E-state index in [1.165, 1.54) is 12.1 Å². The molecule has 0 aliphatic carbocycles. The van der Waals surface area contributed by atoms with E-state index in [-0.39, 0.29) is 23.3 Å². The molecule has 0 bridgehead atoms. The van der Waals surface area contributed by atoms with Gasteiger partial charge in [0.1, 0.15) is 11.6 Å². The Labute approximate surface area is 158 Å². The topological polar surface area (TPSA) is 58.6 Å². The van der Waals surface area contributed by atoms with Gasteiger partial charge in [-0.2, -0.15) is 0 Å². The van der Waals surface area contributed by atoms with Crippen LogP contribution in [0.25, 0.3) is 0 Å². The lowest BCUT2D eigenvalue weighted by Gasteiger charge is -2.32. The van der Waals surface area contributed by atoms with Gasteiger partial charge in [0.15, 0.2) is 0 Å². The van der Waals surface area contributed by atoms with E-state index in [4.69, 9.17) is 4.74 Å². The standard InChI is InChI=1S/C21H23FN2O3/c1-27-17-10-8-15(9-11-17)13-23-20(25)16-5-4-12-24(14-16)21(26)18-6-2-3-7-19(18)22/h2-3,6-11,16H,4-5,12-14H2,1H3,(H,23,25)/t16-/m0/s1. The van der Waals surface area contributed by atoms with Gasteiger partial charge < -0.3 is 15.0 Å². The highest BCUT2D eigenvalue weighted by Gasteiger charge is 2.29. The Balaban J connectivity index is 1.57. The maximum Gasteiger partial charge on any atom is 0.256 e. The Kier molecular flexibility index (Phi) is 6.06. The molecule has 0 radical (unpaired) electrons. The number of ether oxygens (including phenoxy) is 1. The molecule has 1 N–H and O–H groups in total. The number of nitrogens with one attached hydrogen (secondary N) is 1. The Hall–Kier alpha value is -2.89. The van der Waals surface area contributed by atoms with Crippen molar-refractivity contribution in [3.8, 4) is 5.75 Å². The minimum absolute atomic E-state index is 0.0526. The molecule has 1 aliphatic rings. The van der Waals surface area contributed by atoms with Crippen molar-refractivity contribution in [2.45, 2.75) is 19.4 Å². The van der Waals surface area contributed by atoms with Gasteiger partial charge in [-0.3, -0.25) is 9.59 Å². The molecule has 2 aromatic carbocycles. The number of hydrogen-bond acceptors (Lipinski definition) is 3. The third-order valence-electron chi connectivity index (χ3n) is 4.81. The van der Waals surface area contributed by atoms with Crippen molar-refractivity contribution in [3.63, 3.8) is 0 Å². The lowest BCUT2D eigenvalue weighted by Crippen LogP contribution is -2.45. The second-order valence-corrected chi connectivity index (χ2v) is 6.64. The minimum atomic E-state index is -0.534. The third kappa shape index (κ3) is 4.64. The molecule has 2 amide bonds. The van der Waals surface area contributed by atoms with Crippen molar-refractivity contribution in [1.29, 1.82) is 0 Å². The summed E-state index contributed by atoms with van der Waals surface area (Å²) in [6, 6.07) is 13.4. The van der Waals surface area contributed by atoms with Crippen LogP contribution in [0.2, 0.25) is 0 Å². The predicted octanol–water partition coefficient (Wildman–Crippen LogP) is 3.00. The molecule has 1 atom stereocenters. The molecule has 3 rings (SSSR count). The van der Waals surface area contributed by atoms with Crippen molar-refractivity contribution in [2.75, 3.05) is 20.2 Å². The molecule has 142 valence electrons. The van der Waals surface area contributed by atoms with E-state index >= 15 is 0 Å². The number of piperidine rings is 1. The number of carbonyl (C=O) groups excluding carboxylic acids is 2. The first kappa shape index (κ1) is 18.9. The van der Waals surface area contributed by atoms with E-state index in [2.05, 4.69) is 5.32 Å². The van der Waals surface area contributed by atoms with Crippen molar-refractivity contribution >= 4 is 11.8 Å². The van der Waals surface area contributed by atoms with Gasteiger partial charge in [0.05, 0.1) is 18.6 Å². The monoisotopic (exact) mass is 370 g/mol. The first-order valence-electron chi connectivity index (χ1n) is 9.03. The lowest BCUT2D eigenvalue weighted by atomic mass is 9.96. The average molecular weight is 370 g/mol. The maximum atomic E-state index is 13.9. The van der Waals surface area contributed by atoms with Gasteiger partial charge in [0.25, 0.3) is 5.91 Å². The number of hydrogen-bond donors (Lipinski definition) is 1. The number of halogens is 1. The molecule has 5 nitrogen and oxygen atoms in total. The van der Waals surface area contributed by atoms with E-state index in [9.17, 15) is 14.0 Å². The molecule has 27 heavy (non-hydrogen) atoms. The van der Waals surface area contributed by atoms with Crippen LogP contribution in [0.5, 0.6) is 5.75 Å². The number of carbonyl (C=O) groups is 2. The highest BCUT2D eigenvalue weighted by atomic mass is 19.1. The van der Waals surface area contributed by atoms with Crippen LogP contribution >= 0.6 is 0 Å². The number of nitrogens with zero attached hydrogens (tertiary/aromatic N) is 1. The molecular weight excluding hydrogens is 347 g/mol. The van der Waals surface area contributed by atoms with E-state index in [0.29, 0.717) is 19.6 Å². The van der Waals surface area contributed by atoms with E-state index in [1.54, 1.807) is 24.1 Å². The second-order valence-electron chi connectivity index (χ2n) is 6.64. The SMILES string of the molecule is COc1ccc(CNC(=O)[C@H]2CCCN(C(=O)c3ccccc3F)C2)cc1. The van der Waals surface area contributed by atoms with Gasteiger partial charge in [-0.05, 0) is 42.7 Å². The van der Waals surface area contributed by atoms with Gasteiger partial charge in [0.2, 0.25) is 5.91 Å². The Morgan fingerprint density at radius 3 is 2.63 bits per heavy atom. The molecule has 0 spiro atoms. The largest absolute Gasteiger partial charge is 0.497 e. The van der Waals surface area contributed by atoms with Crippen molar-refractivity contribution < 1.29 is 18.7 Å². The summed E-state index contributed by atoms with van der Waals surface area (Å²) >= 11 is 0. The highest BCUT2D eigenvalue weighted by Crippen LogP contribution is 2.20. The summed E-state index contributed by atoms with van der Waals surface area (Å²) in [5.74, 6) is -0.501. The van der Waals surface area contributed by atoms with Gasteiger partial charge in [0, 0.05) is 19.6 Å². The summed E-state index contributed by atoms with van der Waals surface area (Å²) < 4.78 is 19.0. The van der Waals surface area contributed by atoms with Gasteiger partial charge in [-0.15, -0.1) is 0 Å². The van der Waals surface area contributed by atoms with Crippen LogP contribution in [0.3, 0.4) is 0 Å². The molecule has 1 aliphatic heterocycles. The molecule has 0 unspecified atom stereocenters. The third-order valence-corrected chi connectivity index (χ3v) is 4.81. The van der Waals surface area contributed by atoms with Crippen LogP contribution in [0.15, 0.2) is 48.5 Å². The predicted molar refractivity (Wildman–Crippen MR) is 99.9 cm³/mol. The summed E-state index contributed by atoms with van der Waals surface area (Å²) in [6.45, 7) is 1.26. The van der Waals surface area contributed by atoms with Gasteiger partial charge in [-0.1, -0.05) is 24.3 Å². The van der Waals surface area contributed by atoms with Crippen LogP contribution < -0.4 is 10.1 Å². The molecule has 0 aromatic heterocycles. The zero-order valence-corrected chi connectivity index (χ0v) is 15.3. The zero-order valence-electron chi connectivity index (χ0n) is 15.3. The highest BCUT2D eigenvalue weighted by molar-refractivity contribution is 5.95. The number of amides is 2. The Morgan fingerprint density at radius 2 is 1.93 bits per heavy atom. The van der Waals surface area contributed by atoms with Crippen LogP contribution in [0, 0.1) is 11.7 Å². The Bertz CT molecular complexity index is 807.